The number of likely N-dealkylation sites (tertiary alicyclic amines) is 1. The van der Waals surface area contributed by atoms with Crippen LogP contribution in [0.25, 0.3) is 0 Å². The summed E-state index contributed by atoms with van der Waals surface area (Å²) in [6, 6.07) is 15.1. The highest BCUT2D eigenvalue weighted by Crippen LogP contribution is 2.29. The molecule has 2 aromatic rings. The molecule has 1 amide bonds. The summed E-state index contributed by atoms with van der Waals surface area (Å²) in [5.74, 6) is 1.02. The molecule has 1 heterocycles. The largest absolute Gasteiger partial charge is 0.497 e. The van der Waals surface area contributed by atoms with Crippen molar-refractivity contribution in [2.75, 3.05) is 20.2 Å². The van der Waals surface area contributed by atoms with Crippen molar-refractivity contribution in [3.8, 4) is 5.75 Å². The van der Waals surface area contributed by atoms with Gasteiger partial charge in [-0.25, -0.2) is 0 Å². The average molecular weight is 323 g/mol. The van der Waals surface area contributed by atoms with Crippen LogP contribution in [0.5, 0.6) is 5.75 Å². The van der Waals surface area contributed by atoms with Crippen LogP contribution in [0.3, 0.4) is 0 Å². The van der Waals surface area contributed by atoms with Crippen molar-refractivity contribution < 1.29 is 14.3 Å². The first-order chi connectivity index (χ1) is 11.6. The van der Waals surface area contributed by atoms with E-state index in [0.29, 0.717) is 30.1 Å². The molecule has 1 fully saturated rings. The summed E-state index contributed by atoms with van der Waals surface area (Å²) >= 11 is 0. The molecule has 1 aliphatic heterocycles. The summed E-state index contributed by atoms with van der Waals surface area (Å²) in [6.45, 7) is 2.88. The van der Waals surface area contributed by atoms with Gasteiger partial charge in [-0.3, -0.25) is 9.59 Å². The van der Waals surface area contributed by atoms with Gasteiger partial charge in [0.15, 0.2) is 5.78 Å². The van der Waals surface area contributed by atoms with Gasteiger partial charge in [-0.1, -0.05) is 30.3 Å². The van der Waals surface area contributed by atoms with Gasteiger partial charge in [0.1, 0.15) is 5.75 Å². The van der Waals surface area contributed by atoms with Crippen molar-refractivity contribution in [2.45, 2.75) is 19.3 Å². The fraction of sp³-hybridized carbons (Fsp3) is 0.300. The van der Waals surface area contributed by atoms with Crippen molar-refractivity contribution in [3.05, 3.63) is 65.2 Å². The topological polar surface area (TPSA) is 46.6 Å². The van der Waals surface area contributed by atoms with E-state index in [2.05, 4.69) is 12.1 Å². The summed E-state index contributed by atoms with van der Waals surface area (Å²) in [7, 11) is 1.65. The zero-order valence-corrected chi connectivity index (χ0v) is 14.0. The van der Waals surface area contributed by atoms with Crippen LogP contribution in [0.1, 0.15) is 45.5 Å². The SMILES string of the molecule is COc1ccc(C2CCN(C(=O)c3ccccc3C(C)=O)C2)cc1. The minimum absolute atomic E-state index is 0.0585. The van der Waals surface area contributed by atoms with E-state index in [1.165, 1.54) is 12.5 Å². The lowest BCUT2D eigenvalue weighted by atomic mass is 9.98. The van der Waals surface area contributed by atoms with E-state index >= 15 is 0 Å². The summed E-state index contributed by atoms with van der Waals surface area (Å²) in [5, 5.41) is 0. The van der Waals surface area contributed by atoms with E-state index in [0.717, 1.165) is 12.2 Å². The quantitative estimate of drug-likeness (QED) is 0.809. The fourth-order valence-corrected chi connectivity index (χ4v) is 3.24. The number of ketones is 1. The Morgan fingerprint density at radius 3 is 2.33 bits per heavy atom. The molecule has 4 nitrogen and oxygen atoms in total. The van der Waals surface area contributed by atoms with Gasteiger partial charge in [0, 0.05) is 24.6 Å². The second kappa shape index (κ2) is 6.87. The molecule has 2 aromatic carbocycles. The van der Waals surface area contributed by atoms with E-state index in [4.69, 9.17) is 4.74 Å². The van der Waals surface area contributed by atoms with Gasteiger partial charge in [0.2, 0.25) is 0 Å². The Morgan fingerprint density at radius 1 is 1.04 bits per heavy atom. The summed E-state index contributed by atoms with van der Waals surface area (Å²) in [5.41, 5.74) is 2.21. The van der Waals surface area contributed by atoms with Crippen molar-refractivity contribution >= 4 is 11.7 Å². The third kappa shape index (κ3) is 3.18. The first-order valence-corrected chi connectivity index (χ1v) is 8.13. The molecule has 1 unspecified atom stereocenters. The fourth-order valence-electron chi connectivity index (χ4n) is 3.24. The summed E-state index contributed by atoms with van der Waals surface area (Å²) < 4.78 is 5.19. The minimum Gasteiger partial charge on any atom is -0.497 e. The number of ether oxygens (including phenoxy) is 1. The lowest BCUT2D eigenvalue weighted by Crippen LogP contribution is -2.29. The highest BCUT2D eigenvalue weighted by Gasteiger charge is 2.29. The molecular formula is C20H21NO3. The van der Waals surface area contributed by atoms with Gasteiger partial charge < -0.3 is 9.64 Å². The molecule has 4 heteroatoms. The molecule has 0 N–H and O–H groups in total. The summed E-state index contributed by atoms with van der Waals surface area (Å²) in [6.07, 6.45) is 0.931. The average Bonchev–Trinajstić information content (AvgIpc) is 3.11. The Hall–Kier alpha value is -2.62. The molecule has 0 radical (unpaired) electrons. The van der Waals surface area contributed by atoms with Crippen LogP contribution in [0, 0.1) is 0 Å². The molecule has 1 aliphatic rings. The van der Waals surface area contributed by atoms with Crippen molar-refractivity contribution in [2.24, 2.45) is 0 Å². The second-order valence-electron chi connectivity index (χ2n) is 6.11. The van der Waals surface area contributed by atoms with Crippen LogP contribution in [-0.2, 0) is 0 Å². The summed E-state index contributed by atoms with van der Waals surface area (Å²) in [4.78, 5) is 26.4. The molecule has 0 aliphatic carbocycles. The molecule has 24 heavy (non-hydrogen) atoms. The monoisotopic (exact) mass is 323 g/mol. The Kier molecular flexibility index (Phi) is 4.65. The Morgan fingerprint density at radius 2 is 1.71 bits per heavy atom. The number of benzene rings is 2. The van der Waals surface area contributed by atoms with Crippen molar-refractivity contribution in [1.29, 1.82) is 0 Å². The van der Waals surface area contributed by atoms with Gasteiger partial charge in [0.25, 0.3) is 5.91 Å². The molecule has 0 spiro atoms. The number of carbonyl (C=O) groups excluding carboxylic acids is 2. The van der Waals surface area contributed by atoms with Gasteiger partial charge in [-0.15, -0.1) is 0 Å². The number of hydrogen-bond donors (Lipinski definition) is 0. The number of methoxy groups -OCH3 is 1. The number of carbonyl (C=O) groups is 2. The lowest BCUT2D eigenvalue weighted by Gasteiger charge is -2.18. The third-order valence-electron chi connectivity index (χ3n) is 4.60. The predicted molar refractivity (Wildman–Crippen MR) is 92.7 cm³/mol. The number of nitrogens with zero attached hydrogens (tertiary/aromatic N) is 1. The normalized spacial score (nSPS) is 16.9. The van der Waals surface area contributed by atoms with Gasteiger partial charge in [-0.05, 0) is 37.1 Å². The Bertz CT molecular complexity index is 752. The molecular weight excluding hydrogens is 302 g/mol. The standard InChI is InChI=1S/C20H21NO3/c1-14(22)18-5-3-4-6-19(18)20(23)21-12-11-16(13-21)15-7-9-17(24-2)10-8-15/h3-10,16H,11-13H2,1-2H3. The Balaban J connectivity index is 1.75. The van der Waals surface area contributed by atoms with Crippen LogP contribution in [-0.4, -0.2) is 36.8 Å². The van der Waals surface area contributed by atoms with E-state index in [-0.39, 0.29) is 11.7 Å². The number of rotatable bonds is 4. The highest BCUT2D eigenvalue weighted by molar-refractivity contribution is 6.07. The molecule has 3 rings (SSSR count). The third-order valence-corrected chi connectivity index (χ3v) is 4.60. The van der Waals surface area contributed by atoms with Crippen LogP contribution >= 0.6 is 0 Å². The number of hydrogen-bond acceptors (Lipinski definition) is 3. The molecule has 124 valence electrons. The maximum Gasteiger partial charge on any atom is 0.254 e. The first kappa shape index (κ1) is 16.2. The maximum absolute atomic E-state index is 12.8. The van der Waals surface area contributed by atoms with Crippen LogP contribution in [0.4, 0.5) is 0 Å². The number of amides is 1. The van der Waals surface area contributed by atoms with E-state index in [1.807, 2.05) is 17.0 Å². The van der Waals surface area contributed by atoms with Crippen LogP contribution < -0.4 is 4.74 Å². The van der Waals surface area contributed by atoms with Crippen LogP contribution in [0.15, 0.2) is 48.5 Å². The van der Waals surface area contributed by atoms with E-state index < -0.39 is 0 Å². The zero-order chi connectivity index (χ0) is 17.1. The zero-order valence-electron chi connectivity index (χ0n) is 14.0. The van der Waals surface area contributed by atoms with E-state index in [1.54, 1.807) is 31.4 Å². The first-order valence-electron chi connectivity index (χ1n) is 8.13. The van der Waals surface area contributed by atoms with Crippen molar-refractivity contribution in [1.82, 2.24) is 4.90 Å². The lowest BCUT2D eigenvalue weighted by molar-refractivity contribution is 0.0785. The molecule has 0 bridgehead atoms. The maximum atomic E-state index is 12.8. The highest BCUT2D eigenvalue weighted by atomic mass is 16.5. The minimum atomic E-state index is -0.0788. The Labute approximate surface area is 142 Å². The predicted octanol–water partition coefficient (Wildman–Crippen LogP) is 3.53. The second-order valence-corrected chi connectivity index (χ2v) is 6.11. The molecule has 1 saturated heterocycles. The van der Waals surface area contributed by atoms with Gasteiger partial charge in [-0.2, -0.15) is 0 Å². The van der Waals surface area contributed by atoms with E-state index in [9.17, 15) is 9.59 Å². The number of Topliss-reactive ketones (excluding diaryl/α,β-unsaturated/α-hetero) is 1. The van der Waals surface area contributed by atoms with Crippen LogP contribution in [0.2, 0.25) is 0 Å². The van der Waals surface area contributed by atoms with Gasteiger partial charge in [0.05, 0.1) is 12.7 Å². The smallest absolute Gasteiger partial charge is 0.254 e. The van der Waals surface area contributed by atoms with Gasteiger partial charge >= 0.3 is 0 Å². The van der Waals surface area contributed by atoms with Crippen molar-refractivity contribution in [3.63, 3.8) is 0 Å². The molecule has 0 saturated carbocycles. The molecule has 0 aromatic heterocycles. The molecule has 1 atom stereocenters.